The fourth-order valence-electron chi connectivity index (χ4n) is 9.29. The molecule has 4 fully saturated rings. The van der Waals surface area contributed by atoms with E-state index in [4.69, 9.17) is 4.74 Å². The molecule has 0 saturated heterocycles. The second-order valence-electron chi connectivity index (χ2n) is 13.7. The van der Waals surface area contributed by atoms with Gasteiger partial charge in [0.25, 0.3) is 0 Å². The van der Waals surface area contributed by atoms with Crippen LogP contribution in [0.3, 0.4) is 0 Å². The van der Waals surface area contributed by atoms with Gasteiger partial charge in [0.1, 0.15) is 6.10 Å². The van der Waals surface area contributed by atoms with Crippen molar-refractivity contribution in [3.63, 3.8) is 0 Å². The van der Waals surface area contributed by atoms with Crippen LogP contribution in [-0.4, -0.2) is 12.1 Å². The summed E-state index contributed by atoms with van der Waals surface area (Å²) < 4.78 is 6.00. The number of fused-ring (bicyclic) bond motifs is 5. The lowest BCUT2D eigenvalue weighted by Gasteiger charge is -2.61. The van der Waals surface area contributed by atoms with Crippen molar-refractivity contribution in [3.8, 4) is 0 Å². The summed E-state index contributed by atoms with van der Waals surface area (Å²) in [6, 6.07) is 0. The monoisotopic (exact) mass is 521 g/mol. The second kappa shape index (κ2) is 14.7. The van der Waals surface area contributed by atoms with Crippen LogP contribution in [0, 0.1) is 51.8 Å². The van der Waals surface area contributed by atoms with E-state index in [9.17, 15) is 4.79 Å². The van der Waals surface area contributed by atoms with Crippen molar-refractivity contribution in [2.24, 2.45) is 51.8 Å². The maximum absolute atomic E-state index is 12.5. The molecule has 9 atom stereocenters. The van der Waals surface area contributed by atoms with Crippen LogP contribution in [0.4, 0.5) is 0 Å². The zero-order valence-corrected chi connectivity index (χ0v) is 27.6. The molecule has 0 amide bonds. The van der Waals surface area contributed by atoms with Crippen LogP contribution in [0.1, 0.15) is 161 Å². The van der Waals surface area contributed by atoms with Crippen molar-refractivity contribution in [2.45, 2.75) is 167 Å². The van der Waals surface area contributed by atoms with Crippen molar-refractivity contribution in [2.75, 3.05) is 0 Å². The van der Waals surface area contributed by atoms with Crippen LogP contribution in [0.5, 0.6) is 0 Å². The van der Waals surface area contributed by atoms with Crippen LogP contribution in [-0.2, 0) is 9.53 Å². The van der Waals surface area contributed by atoms with Crippen molar-refractivity contribution in [1.29, 1.82) is 0 Å². The summed E-state index contributed by atoms with van der Waals surface area (Å²) in [6.45, 7) is 28.2. The summed E-state index contributed by atoms with van der Waals surface area (Å²) in [5, 5.41) is 0. The molecule has 0 aromatic rings. The summed E-state index contributed by atoms with van der Waals surface area (Å²) in [7, 11) is 0. The first-order valence-electron chi connectivity index (χ1n) is 16.7. The number of carbonyl (C=O) groups excluding carboxylic acids is 1. The minimum atomic E-state index is -0.389. The summed E-state index contributed by atoms with van der Waals surface area (Å²) in [4.78, 5) is 12.5. The molecule has 4 rings (SSSR count). The average molecular weight is 521 g/mol. The van der Waals surface area contributed by atoms with Gasteiger partial charge in [-0.2, -0.15) is 0 Å². The van der Waals surface area contributed by atoms with Gasteiger partial charge in [-0.15, -0.1) is 0 Å². The highest BCUT2D eigenvalue weighted by Gasteiger charge is 2.60. The molecule has 0 aromatic carbocycles. The van der Waals surface area contributed by atoms with Crippen molar-refractivity contribution >= 4 is 5.97 Å². The van der Waals surface area contributed by atoms with E-state index < -0.39 is 0 Å². The summed E-state index contributed by atoms with van der Waals surface area (Å²) >= 11 is 0. The SMILES string of the molecule is CC.CC.CC.CCCC(C)C1CCC2C3CCC4CC(OC(=O)C(C)(C)C)CCC4(C)C3CCC12C. The molecule has 2 heteroatoms. The standard InChI is InChI=1S/C29H50O2.3C2H6/c1-8-9-19(2)23-12-13-24-22-11-10-20-18-21(31-26(30)27(3,4)5)14-16-28(20,6)25(22)15-17-29(23,24)7;3*1-2/h19-25H,8-18H2,1-7H3;3*1-2H3. The van der Waals surface area contributed by atoms with Gasteiger partial charge in [-0.25, -0.2) is 0 Å². The first-order valence-corrected chi connectivity index (χ1v) is 16.7. The van der Waals surface area contributed by atoms with E-state index >= 15 is 0 Å². The first-order chi connectivity index (χ1) is 17.5. The fourth-order valence-corrected chi connectivity index (χ4v) is 9.29. The molecule has 0 spiro atoms. The number of carbonyl (C=O) groups is 1. The van der Waals surface area contributed by atoms with Gasteiger partial charge < -0.3 is 4.74 Å². The van der Waals surface area contributed by atoms with Crippen LogP contribution in [0.15, 0.2) is 0 Å². The minimum Gasteiger partial charge on any atom is -0.462 e. The maximum atomic E-state index is 12.5. The van der Waals surface area contributed by atoms with Gasteiger partial charge in [0, 0.05) is 0 Å². The Bertz CT molecular complexity index is 663. The van der Waals surface area contributed by atoms with E-state index in [1.54, 1.807) is 0 Å². The minimum absolute atomic E-state index is 0.0126. The van der Waals surface area contributed by atoms with Gasteiger partial charge in [0.15, 0.2) is 0 Å². The molecule has 4 aliphatic rings. The smallest absolute Gasteiger partial charge is 0.311 e. The number of ether oxygens (including phenoxy) is 1. The molecule has 9 unspecified atom stereocenters. The Balaban J connectivity index is 0.00000106. The number of hydrogen-bond acceptors (Lipinski definition) is 2. The van der Waals surface area contributed by atoms with Crippen LogP contribution in [0.25, 0.3) is 0 Å². The Morgan fingerprint density at radius 2 is 1.41 bits per heavy atom. The zero-order valence-electron chi connectivity index (χ0n) is 27.6. The van der Waals surface area contributed by atoms with E-state index in [-0.39, 0.29) is 17.5 Å². The second-order valence-corrected chi connectivity index (χ2v) is 13.7. The quantitative estimate of drug-likeness (QED) is 0.344. The van der Waals surface area contributed by atoms with Gasteiger partial charge in [-0.05, 0) is 125 Å². The topological polar surface area (TPSA) is 26.3 Å². The third kappa shape index (κ3) is 7.16. The molecular weight excluding hydrogens is 452 g/mol. The molecule has 2 nitrogen and oxygen atoms in total. The number of hydrogen-bond donors (Lipinski definition) is 0. The largest absolute Gasteiger partial charge is 0.462 e. The van der Waals surface area contributed by atoms with Crippen LogP contribution >= 0.6 is 0 Å². The lowest BCUT2D eigenvalue weighted by molar-refractivity contribution is -0.170. The van der Waals surface area contributed by atoms with E-state index in [1.165, 1.54) is 57.8 Å². The predicted octanol–water partition coefficient (Wildman–Crippen LogP) is 11.1. The maximum Gasteiger partial charge on any atom is 0.311 e. The van der Waals surface area contributed by atoms with Crippen molar-refractivity contribution in [3.05, 3.63) is 0 Å². The molecule has 0 aromatic heterocycles. The van der Waals surface area contributed by atoms with E-state index in [2.05, 4.69) is 27.7 Å². The fraction of sp³-hybridized carbons (Fsp3) is 0.971. The molecule has 0 N–H and O–H groups in total. The molecule has 0 heterocycles. The normalized spacial score (nSPS) is 38.9. The van der Waals surface area contributed by atoms with Crippen LogP contribution in [0.2, 0.25) is 0 Å². The van der Waals surface area contributed by atoms with E-state index in [0.29, 0.717) is 10.8 Å². The Morgan fingerprint density at radius 1 is 0.838 bits per heavy atom. The predicted molar refractivity (Wildman–Crippen MR) is 163 cm³/mol. The molecule has 0 bridgehead atoms. The van der Waals surface area contributed by atoms with E-state index in [0.717, 1.165) is 48.3 Å². The highest BCUT2D eigenvalue weighted by atomic mass is 16.5. The Kier molecular flexibility index (Phi) is 13.7. The van der Waals surface area contributed by atoms with Gasteiger partial charge in [0.05, 0.1) is 5.41 Å². The third-order valence-corrected chi connectivity index (χ3v) is 11.0. The van der Waals surface area contributed by atoms with Gasteiger partial charge in [0.2, 0.25) is 0 Å². The van der Waals surface area contributed by atoms with Crippen molar-refractivity contribution in [1.82, 2.24) is 0 Å². The Hall–Kier alpha value is -0.530. The summed E-state index contributed by atoms with van der Waals surface area (Å²) in [6.07, 6.45) is 15.0. The van der Waals surface area contributed by atoms with Gasteiger partial charge >= 0.3 is 5.97 Å². The molecule has 37 heavy (non-hydrogen) atoms. The Labute approximate surface area is 233 Å². The molecule has 0 aliphatic heterocycles. The summed E-state index contributed by atoms with van der Waals surface area (Å²) in [5.41, 5.74) is 0.681. The highest BCUT2D eigenvalue weighted by Crippen LogP contribution is 2.68. The molecule has 4 aliphatic carbocycles. The van der Waals surface area contributed by atoms with Gasteiger partial charge in [-0.3, -0.25) is 4.79 Å². The lowest BCUT2D eigenvalue weighted by atomic mass is 9.44. The van der Waals surface area contributed by atoms with E-state index in [1.807, 2.05) is 62.3 Å². The van der Waals surface area contributed by atoms with Crippen LogP contribution < -0.4 is 0 Å². The van der Waals surface area contributed by atoms with Gasteiger partial charge in [-0.1, -0.05) is 82.1 Å². The molecule has 4 saturated carbocycles. The molecule has 0 radical (unpaired) electrons. The lowest BCUT2D eigenvalue weighted by Crippen LogP contribution is -2.54. The highest BCUT2D eigenvalue weighted by molar-refractivity contribution is 5.75. The third-order valence-electron chi connectivity index (χ3n) is 11.0. The number of rotatable bonds is 4. The first kappa shape index (κ1) is 34.5. The van der Waals surface area contributed by atoms with Crippen molar-refractivity contribution < 1.29 is 9.53 Å². The average Bonchev–Trinajstić information content (AvgIpc) is 3.25. The molecule has 220 valence electrons. The zero-order chi connectivity index (χ0) is 28.6. The number of esters is 1. The Morgan fingerprint density at radius 3 is 1.97 bits per heavy atom. The molecular formula is C35H68O2. The summed E-state index contributed by atoms with van der Waals surface area (Å²) in [5.74, 6) is 5.41.